The van der Waals surface area contributed by atoms with Crippen LogP contribution < -0.4 is 5.73 Å². The highest BCUT2D eigenvalue weighted by Gasteiger charge is 2.21. The van der Waals surface area contributed by atoms with E-state index in [2.05, 4.69) is 26.4 Å². The van der Waals surface area contributed by atoms with Crippen molar-refractivity contribution in [2.45, 2.75) is 32.7 Å². The van der Waals surface area contributed by atoms with Gasteiger partial charge in [0.05, 0.1) is 0 Å². The number of aromatic nitrogens is 3. The van der Waals surface area contributed by atoms with Crippen molar-refractivity contribution in [1.29, 1.82) is 0 Å². The maximum atomic E-state index is 5.76. The molecule has 5 heteroatoms. The van der Waals surface area contributed by atoms with Gasteiger partial charge in [0.25, 0.3) is 0 Å². The van der Waals surface area contributed by atoms with Crippen molar-refractivity contribution in [2.75, 3.05) is 19.6 Å². The van der Waals surface area contributed by atoms with Crippen LogP contribution in [0, 0.1) is 5.92 Å². The first-order valence-electron chi connectivity index (χ1n) is 7.55. The van der Waals surface area contributed by atoms with Crippen LogP contribution in [0.25, 0.3) is 5.65 Å². The van der Waals surface area contributed by atoms with Crippen molar-refractivity contribution in [1.82, 2.24) is 19.5 Å². The van der Waals surface area contributed by atoms with E-state index in [4.69, 9.17) is 5.73 Å². The fourth-order valence-electron chi connectivity index (χ4n) is 3.18. The summed E-state index contributed by atoms with van der Waals surface area (Å²) in [4.78, 5) is 2.53. The van der Waals surface area contributed by atoms with Crippen LogP contribution in [0.3, 0.4) is 0 Å². The summed E-state index contributed by atoms with van der Waals surface area (Å²) >= 11 is 0. The molecule has 1 unspecified atom stereocenters. The lowest BCUT2D eigenvalue weighted by Crippen LogP contribution is -2.36. The third-order valence-corrected chi connectivity index (χ3v) is 4.33. The number of fused-ring (bicyclic) bond motifs is 1. The molecule has 0 aromatic carbocycles. The fourth-order valence-corrected chi connectivity index (χ4v) is 3.18. The van der Waals surface area contributed by atoms with Crippen molar-refractivity contribution in [3.05, 3.63) is 29.7 Å². The molecule has 0 amide bonds. The van der Waals surface area contributed by atoms with Crippen LogP contribution in [-0.4, -0.2) is 39.1 Å². The van der Waals surface area contributed by atoms with E-state index in [-0.39, 0.29) is 0 Å². The number of pyridine rings is 1. The minimum Gasteiger partial charge on any atom is -0.326 e. The molecule has 3 rings (SSSR count). The van der Waals surface area contributed by atoms with Gasteiger partial charge >= 0.3 is 0 Å². The number of hydrogen-bond acceptors (Lipinski definition) is 4. The summed E-state index contributed by atoms with van der Waals surface area (Å²) in [7, 11) is 0. The number of hydrogen-bond donors (Lipinski definition) is 1. The Kier molecular flexibility index (Phi) is 3.98. The molecule has 0 bridgehead atoms. The zero-order valence-corrected chi connectivity index (χ0v) is 12.1. The first-order chi connectivity index (χ1) is 9.81. The maximum absolute atomic E-state index is 5.76. The van der Waals surface area contributed by atoms with Crippen molar-refractivity contribution < 1.29 is 0 Å². The minimum absolute atomic E-state index is 0.509. The van der Waals surface area contributed by atoms with Gasteiger partial charge in [0.1, 0.15) is 5.82 Å². The molecule has 0 spiro atoms. The normalized spacial score (nSPS) is 20.6. The summed E-state index contributed by atoms with van der Waals surface area (Å²) in [5.74, 6) is 1.76. The molecule has 2 aromatic heterocycles. The molecular weight excluding hydrogens is 250 g/mol. The van der Waals surface area contributed by atoms with Crippen LogP contribution in [0.15, 0.2) is 18.3 Å². The smallest absolute Gasteiger partial charge is 0.165 e. The van der Waals surface area contributed by atoms with E-state index in [1.165, 1.54) is 25.9 Å². The highest BCUT2D eigenvalue weighted by molar-refractivity contribution is 5.47. The van der Waals surface area contributed by atoms with Crippen LogP contribution >= 0.6 is 0 Å². The van der Waals surface area contributed by atoms with Crippen molar-refractivity contribution >= 4 is 5.65 Å². The first kappa shape index (κ1) is 13.5. The molecule has 5 nitrogen and oxygen atoms in total. The lowest BCUT2D eigenvalue weighted by molar-refractivity contribution is 0.180. The van der Waals surface area contributed by atoms with Gasteiger partial charge in [0.2, 0.25) is 0 Å². The van der Waals surface area contributed by atoms with E-state index in [9.17, 15) is 0 Å². The second kappa shape index (κ2) is 5.89. The molecule has 2 N–H and O–H groups in total. The van der Waals surface area contributed by atoms with Gasteiger partial charge in [-0.3, -0.25) is 4.40 Å². The summed E-state index contributed by atoms with van der Waals surface area (Å²) in [6.45, 7) is 6.32. The van der Waals surface area contributed by atoms with Crippen molar-refractivity contribution in [3.63, 3.8) is 0 Å². The first-order valence-corrected chi connectivity index (χ1v) is 7.55. The van der Waals surface area contributed by atoms with E-state index < -0.39 is 0 Å². The number of piperidine rings is 1. The Hall–Kier alpha value is -1.46. The fraction of sp³-hybridized carbons (Fsp3) is 0.600. The van der Waals surface area contributed by atoms with E-state index in [1.54, 1.807) is 0 Å². The van der Waals surface area contributed by atoms with Crippen LogP contribution in [0.5, 0.6) is 0 Å². The Morgan fingerprint density at radius 3 is 3.10 bits per heavy atom. The molecule has 0 radical (unpaired) electrons. The predicted octanol–water partition coefficient (Wildman–Crippen LogP) is 1.46. The van der Waals surface area contributed by atoms with Crippen LogP contribution in [0.2, 0.25) is 0 Å². The van der Waals surface area contributed by atoms with E-state index >= 15 is 0 Å². The van der Waals surface area contributed by atoms with E-state index in [0.29, 0.717) is 12.5 Å². The molecule has 2 aromatic rings. The zero-order chi connectivity index (χ0) is 13.9. The summed E-state index contributed by atoms with van der Waals surface area (Å²) in [5.41, 5.74) is 7.73. The van der Waals surface area contributed by atoms with Gasteiger partial charge in [0.15, 0.2) is 5.65 Å². The Morgan fingerprint density at radius 1 is 1.40 bits per heavy atom. The Morgan fingerprint density at radius 2 is 2.30 bits per heavy atom. The second-order valence-corrected chi connectivity index (χ2v) is 5.65. The van der Waals surface area contributed by atoms with Crippen molar-refractivity contribution in [2.24, 2.45) is 11.7 Å². The summed E-state index contributed by atoms with van der Waals surface area (Å²) in [5, 5.41) is 8.70. The molecule has 0 aliphatic carbocycles. The predicted molar refractivity (Wildman–Crippen MR) is 79.4 cm³/mol. The molecule has 108 valence electrons. The monoisotopic (exact) mass is 273 g/mol. The molecular formula is C15H23N5. The highest BCUT2D eigenvalue weighted by Crippen LogP contribution is 2.20. The van der Waals surface area contributed by atoms with Crippen LogP contribution in [0.4, 0.5) is 0 Å². The molecule has 20 heavy (non-hydrogen) atoms. The molecule has 1 fully saturated rings. The average molecular weight is 273 g/mol. The van der Waals surface area contributed by atoms with Gasteiger partial charge in [-0.1, -0.05) is 13.0 Å². The van der Waals surface area contributed by atoms with Crippen LogP contribution in [-0.2, 0) is 13.0 Å². The second-order valence-electron chi connectivity index (χ2n) is 5.65. The third kappa shape index (κ3) is 2.55. The van der Waals surface area contributed by atoms with Gasteiger partial charge in [-0.05, 0) is 37.9 Å². The Labute approximate surface area is 119 Å². The molecule has 3 heterocycles. The van der Waals surface area contributed by atoms with Gasteiger partial charge in [0, 0.05) is 31.3 Å². The zero-order valence-electron chi connectivity index (χ0n) is 12.1. The number of likely N-dealkylation sites (tertiary alicyclic amines) is 1. The SMILES string of the molecule is CCN1CCCC(Cc2nnc3c(CN)cccn23)C1. The summed E-state index contributed by atoms with van der Waals surface area (Å²) in [6.07, 6.45) is 5.64. The van der Waals surface area contributed by atoms with E-state index in [1.807, 2.05) is 18.3 Å². The quantitative estimate of drug-likeness (QED) is 0.916. The molecule has 1 aliphatic rings. The number of nitrogens with zero attached hydrogens (tertiary/aromatic N) is 4. The molecule has 1 atom stereocenters. The lowest BCUT2D eigenvalue weighted by atomic mass is 9.94. The topological polar surface area (TPSA) is 59.5 Å². The van der Waals surface area contributed by atoms with Crippen LogP contribution in [0.1, 0.15) is 31.2 Å². The average Bonchev–Trinajstić information content (AvgIpc) is 2.90. The van der Waals surface area contributed by atoms with Gasteiger partial charge in [-0.25, -0.2) is 0 Å². The minimum atomic E-state index is 0.509. The summed E-state index contributed by atoms with van der Waals surface area (Å²) in [6, 6.07) is 4.05. The standard InChI is InChI=1S/C15H23N5/c1-2-19-7-3-5-12(11-19)9-14-17-18-15-13(10-16)6-4-8-20(14)15/h4,6,8,12H,2-3,5,7,9-11,16H2,1H3. The van der Waals surface area contributed by atoms with Gasteiger partial charge < -0.3 is 10.6 Å². The molecule has 1 aliphatic heterocycles. The third-order valence-electron chi connectivity index (χ3n) is 4.33. The summed E-state index contributed by atoms with van der Waals surface area (Å²) < 4.78 is 2.10. The number of nitrogens with two attached hydrogens (primary N) is 1. The van der Waals surface area contributed by atoms with E-state index in [0.717, 1.165) is 30.0 Å². The maximum Gasteiger partial charge on any atom is 0.165 e. The lowest BCUT2D eigenvalue weighted by Gasteiger charge is -2.31. The molecule has 0 saturated carbocycles. The Bertz CT molecular complexity index is 577. The largest absolute Gasteiger partial charge is 0.326 e. The van der Waals surface area contributed by atoms with Gasteiger partial charge in [-0.15, -0.1) is 10.2 Å². The highest BCUT2D eigenvalue weighted by atomic mass is 15.2. The molecule has 1 saturated heterocycles. The van der Waals surface area contributed by atoms with Crippen molar-refractivity contribution in [3.8, 4) is 0 Å². The number of rotatable bonds is 4. The van der Waals surface area contributed by atoms with Gasteiger partial charge in [-0.2, -0.15) is 0 Å². The Balaban J connectivity index is 1.81.